The maximum absolute atomic E-state index is 11.6. The van der Waals surface area contributed by atoms with Gasteiger partial charge in [-0.1, -0.05) is 0 Å². The normalized spacial score (nSPS) is 34.9. The van der Waals surface area contributed by atoms with E-state index in [1.165, 1.54) is 14.2 Å². The summed E-state index contributed by atoms with van der Waals surface area (Å²) in [4.78, 5) is 21.9. The molecule has 1 saturated heterocycles. The number of carbonyl (C=O) groups is 1. The zero-order valence-electron chi connectivity index (χ0n) is 9.83. The van der Waals surface area contributed by atoms with Crippen LogP contribution >= 0.6 is 0 Å². The Hall–Kier alpha value is -0.650. The second-order valence-corrected chi connectivity index (χ2v) is 4.43. The minimum Gasteiger partial charge on any atom is -0.469 e. The van der Waals surface area contributed by atoms with E-state index in [9.17, 15) is 4.79 Å². The predicted molar refractivity (Wildman–Crippen MR) is 51.8 cm³/mol. The summed E-state index contributed by atoms with van der Waals surface area (Å²) in [6, 6.07) is 0. The Kier molecular flexibility index (Phi) is 3.38. The fourth-order valence-electron chi connectivity index (χ4n) is 1.58. The fourth-order valence-corrected chi connectivity index (χ4v) is 1.58. The molecule has 1 fully saturated rings. The zero-order valence-corrected chi connectivity index (χ0v) is 9.83. The number of methoxy groups -OCH3 is 2. The molecule has 0 spiro atoms. The number of hydrogen-bond acceptors (Lipinski definition) is 5. The quantitative estimate of drug-likeness (QED) is 0.516. The van der Waals surface area contributed by atoms with Gasteiger partial charge in [-0.15, -0.1) is 0 Å². The average Bonchev–Trinajstić information content (AvgIpc) is 2.21. The van der Waals surface area contributed by atoms with Crippen molar-refractivity contribution < 1.29 is 24.0 Å². The van der Waals surface area contributed by atoms with Crippen molar-refractivity contribution in [2.24, 2.45) is 5.92 Å². The van der Waals surface area contributed by atoms with E-state index in [0.717, 1.165) is 0 Å². The maximum Gasteiger partial charge on any atom is 0.314 e. The van der Waals surface area contributed by atoms with Crippen molar-refractivity contribution in [1.82, 2.24) is 0 Å². The fraction of sp³-hybridized carbons (Fsp3) is 0.900. The highest BCUT2D eigenvalue weighted by molar-refractivity contribution is 5.73. The molecular formula is C10H18O5. The van der Waals surface area contributed by atoms with E-state index >= 15 is 0 Å². The van der Waals surface area contributed by atoms with E-state index in [4.69, 9.17) is 19.2 Å². The third kappa shape index (κ3) is 2.48. The molecule has 0 bridgehead atoms. The highest BCUT2D eigenvalue weighted by atomic mass is 17.2. The van der Waals surface area contributed by atoms with Gasteiger partial charge in [0.2, 0.25) is 5.79 Å². The van der Waals surface area contributed by atoms with Gasteiger partial charge in [0.15, 0.2) is 0 Å². The zero-order chi connectivity index (χ0) is 11.7. The summed E-state index contributed by atoms with van der Waals surface area (Å²) in [6.45, 7) is 5.35. The number of esters is 1. The van der Waals surface area contributed by atoms with Gasteiger partial charge < -0.3 is 9.47 Å². The van der Waals surface area contributed by atoms with Crippen LogP contribution in [0, 0.1) is 5.92 Å². The van der Waals surface area contributed by atoms with E-state index < -0.39 is 17.3 Å². The first-order valence-corrected chi connectivity index (χ1v) is 4.84. The van der Waals surface area contributed by atoms with Crippen molar-refractivity contribution >= 4 is 5.97 Å². The molecule has 5 nitrogen and oxygen atoms in total. The summed E-state index contributed by atoms with van der Waals surface area (Å²) in [6.07, 6.45) is 0.490. The first kappa shape index (κ1) is 12.4. The predicted octanol–water partition coefficient (Wildman–Crippen LogP) is 1.27. The van der Waals surface area contributed by atoms with E-state index in [1.807, 2.05) is 13.8 Å². The van der Waals surface area contributed by atoms with Gasteiger partial charge in [-0.25, -0.2) is 4.89 Å². The molecule has 0 amide bonds. The highest BCUT2D eigenvalue weighted by Crippen LogP contribution is 2.38. The summed E-state index contributed by atoms with van der Waals surface area (Å²) in [5, 5.41) is 0. The van der Waals surface area contributed by atoms with Crippen LogP contribution in [0.15, 0.2) is 0 Å². The van der Waals surface area contributed by atoms with Crippen LogP contribution in [0.5, 0.6) is 0 Å². The van der Waals surface area contributed by atoms with Gasteiger partial charge in [-0.05, 0) is 27.2 Å². The van der Waals surface area contributed by atoms with Crippen LogP contribution in [0.4, 0.5) is 0 Å². The Morgan fingerprint density at radius 1 is 1.27 bits per heavy atom. The lowest BCUT2D eigenvalue weighted by molar-refractivity contribution is -0.490. The molecule has 15 heavy (non-hydrogen) atoms. The van der Waals surface area contributed by atoms with Gasteiger partial charge >= 0.3 is 5.97 Å². The van der Waals surface area contributed by atoms with Crippen molar-refractivity contribution in [2.45, 2.75) is 38.6 Å². The topological polar surface area (TPSA) is 54.0 Å². The lowest BCUT2D eigenvalue weighted by atomic mass is 9.86. The lowest BCUT2D eigenvalue weighted by Gasteiger charge is -2.43. The Bertz CT molecular complexity index is 250. The summed E-state index contributed by atoms with van der Waals surface area (Å²) in [5.41, 5.74) is -0.517. The van der Waals surface area contributed by atoms with Crippen LogP contribution in [0.2, 0.25) is 0 Å². The van der Waals surface area contributed by atoms with Gasteiger partial charge in [0.1, 0.15) is 5.92 Å². The minimum absolute atomic E-state index is 0.351. The summed E-state index contributed by atoms with van der Waals surface area (Å²) >= 11 is 0. The molecule has 1 aliphatic rings. The van der Waals surface area contributed by atoms with Crippen LogP contribution < -0.4 is 0 Å². The monoisotopic (exact) mass is 218 g/mol. The van der Waals surface area contributed by atoms with Crippen molar-refractivity contribution in [3.05, 3.63) is 0 Å². The van der Waals surface area contributed by atoms with Gasteiger partial charge in [0, 0.05) is 7.11 Å². The molecule has 0 saturated carbocycles. The molecule has 1 aliphatic heterocycles. The second-order valence-electron chi connectivity index (χ2n) is 4.43. The van der Waals surface area contributed by atoms with Crippen molar-refractivity contribution in [3.8, 4) is 0 Å². The molecule has 0 aliphatic carbocycles. The van der Waals surface area contributed by atoms with Gasteiger partial charge in [-0.3, -0.25) is 4.79 Å². The second kappa shape index (κ2) is 4.08. The van der Waals surface area contributed by atoms with Crippen LogP contribution in [0.25, 0.3) is 0 Å². The number of hydrogen-bond donors (Lipinski definition) is 0. The van der Waals surface area contributed by atoms with Crippen molar-refractivity contribution in [2.75, 3.05) is 14.2 Å². The number of carbonyl (C=O) groups excluding carboxylic acids is 1. The molecule has 5 heteroatoms. The molecule has 0 aromatic carbocycles. The molecule has 88 valence electrons. The van der Waals surface area contributed by atoms with Crippen LogP contribution in [-0.4, -0.2) is 31.6 Å². The Morgan fingerprint density at radius 3 is 2.33 bits per heavy atom. The summed E-state index contributed by atoms with van der Waals surface area (Å²) in [5.74, 6) is -1.92. The number of rotatable bonds is 2. The van der Waals surface area contributed by atoms with E-state index in [2.05, 4.69) is 0 Å². The van der Waals surface area contributed by atoms with E-state index in [1.54, 1.807) is 6.92 Å². The Morgan fingerprint density at radius 2 is 1.87 bits per heavy atom. The van der Waals surface area contributed by atoms with Gasteiger partial charge in [0.05, 0.1) is 12.7 Å². The van der Waals surface area contributed by atoms with Crippen molar-refractivity contribution in [1.29, 1.82) is 0 Å². The molecule has 2 atom stereocenters. The molecule has 0 aromatic heterocycles. The summed E-state index contributed by atoms with van der Waals surface area (Å²) in [7, 11) is 2.82. The Balaban J connectivity index is 2.88. The highest BCUT2D eigenvalue weighted by Gasteiger charge is 2.50. The third-order valence-corrected chi connectivity index (χ3v) is 2.65. The van der Waals surface area contributed by atoms with E-state index in [-0.39, 0.29) is 5.97 Å². The average molecular weight is 218 g/mol. The van der Waals surface area contributed by atoms with Crippen LogP contribution in [-0.2, 0) is 24.0 Å². The van der Waals surface area contributed by atoms with Crippen LogP contribution in [0.3, 0.4) is 0 Å². The third-order valence-electron chi connectivity index (χ3n) is 2.65. The number of ether oxygens (including phenoxy) is 2. The maximum atomic E-state index is 11.6. The van der Waals surface area contributed by atoms with E-state index in [0.29, 0.717) is 6.42 Å². The molecule has 1 rings (SSSR count). The molecule has 0 N–H and O–H groups in total. The van der Waals surface area contributed by atoms with Gasteiger partial charge in [0.25, 0.3) is 0 Å². The smallest absolute Gasteiger partial charge is 0.314 e. The molecular weight excluding hydrogens is 200 g/mol. The largest absolute Gasteiger partial charge is 0.469 e. The molecule has 0 unspecified atom stereocenters. The SMILES string of the molecule is COC(=O)[C@H]1CC(C)(C)OO[C@@]1(C)OC. The first-order chi connectivity index (χ1) is 6.84. The molecule has 0 radical (unpaired) electrons. The molecule has 1 heterocycles. The van der Waals surface area contributed by atoms with Crippen LogP contribution in [0.1, 0.15) is 27.2 Å². The summed E-state index contributed by atoms with van der Waals surface area (Å²) < 4.78 is 9.89. The van der Waals surface area contributed by atoms with Crippen molar-refractivity contribution in [3.63, 3.8) is 0 Å². The molecule has 0 aromatic rings. The lowest BCUT2D eigenvalue weighted by Crippen LogP contribution is -2.53. The first-order valence-electron chi connectivity index (χ1n) is 4.84. The standard InChI is InChI=1S/C10H18O5/c1-9(2)6-7(8(11)12-4)10(3,13-5)15-14-9/h7H,6H2,1-5H3/t7-,10-/m1/s1. The minimum atomic E-state index is -1.08. The Labute approximate surface area is 89.6 Å². The van der Waals surface area contributed by atoms with Gasteiger partial charge in [-0.2, -0.15) is 4.89 Å².